The van der Waals surface area contributed by atoms with E-state index in [2.05, 4.69) is 26.6 Å². The minimum atomic E-state index is -0.498. The Bertz CT molecular complexity index is 778. The van der Waals surface area contributed by atoms with Gasteiger partial charge in [0, 0.05) is 10.5 Å². The van der Waals surface area contributed by atoms with Gasteiger partial charge in [0.1, 0.15) is 6.04 Å². The molecule has 0 bridgehead atoms. The number of hydrogen-bond donors (Lipinski definition) is 2. The second-order valence-electron chi connectivity index (χ2n) is 6.54. The van der Waals surface area contributed by atoms with Crippen LogP contribution in [-0.2, 0) is 9.59 Å². The Labute approximate surface area is 161 Å². The van der Waals surface area contributed by atoms with Crippen molar-refractivity contribution in [1.29, 1.82) is 0 Å². The van der Waals surface area contributed by atoms with E-state index in [1.165, 1.54) is 0 Å². The molecule has 2 aromatic rings. The van der Waals surface area contributed by atoms with Gasteiger partial charge in [-0.2, -0.15) is 0 Å². The molecule has 0 radical (unpaired) electrons. The van der Waals surface area contributed by atoms with Crippen LogP contribution in [0.25, 0.3) is 0 Å². The molecule has 1 saturated carbocycles. The van der Waals surface area contributed by atoms with Crippen LogP contribution in [0.2, 0.25) is 0 Å². The monoisotopic (exact) mass is 415 g/mol. The number of nitrogens with zero attached hydrogens (tertiary/aromatic N) is 1. The van der Waals surface area contributed by atoms with E-state index in [1.807, 2.05) is 54.6 Å². The van der Waals surface area contributed by atoms with Gasteiger partial charge in [-0.3, -0.25) is 14.5 Å². The fourth-order valence-electron chi connectivity index (χ4n) is 2.82. The van der Waals surface area contributed by atoms with Gasteiger partial charge in [-0.05, 0) is 53.5 Å². The van der Waals surface area contributed by atoms with Crippen molar-refractivity contribution in [3.63, 3.8) is 0 Å². The molecule has 1 aliphatic rings. The van der Waals surface area contributed by atoms with Crippen LogP contribution in [0.5, 0.6) is 0 Å². The first-order valence-electron chi connectivity index (χ1n) is 8.64. The number of anilines is 1. The number of hydrogen-bond acceptors (Lipinski definition) is 3. The molecule has 2 N–H and O–H groups in total. The fraction of sp³-hybridized carbons (Fsp3) is 0.300. The molecule has 0 aliphatic heterocycles. The molecule has 5 nitrogen and oxygen atoms in total. The largest absolute Gasteiger partial charge is 0.352 e. The normalized spacial score (nSPS) is 14.7. The van der Waals surface area contributed by atoms with Gasteiger partial charge in [0.25, 0.3) is 0 Å². The van der Waals surface area contributed by atoms with Crippen LogP contribution < -0.4 is 10.6 Å². The number of amides is 2. The highest BCUT2D eigenvalue weighted by molar-refractivity contribution is 9.10. The van der Waals surface area contributed by atoms with E-state index in [4.69, 9.17) is 0 Å². The molecule has 2 amide bonds. The third-order valence-corrected chi connectivity index (χ3v) is 4.96. The maximum Gasteiger partial charge on any atom is 0.242 e. The Hall–Kier alpha value is -2.18. The van der Waals surface area contributed by atoms with Crippen molar-refractivity contribution in [3.05, 3.63) is 64.6 Å². The van der Waals surface area contributed by atoms with E-state index in [9.17, 15) is 9.59 Å². The molecular weight excluding hydrogens is 394 g/mol. The standard InChI is InChI=1S/C20H22BrN3O2/c1-24(13-18(25)23-17-10-6-5-9-16(17)21)19(14-7-3-2-4-8-14)20(26)22-15-11-12-15/h2-10,15,19H,11-13H2,1H3,(H,22,26)(H,23,25)/t19-/m0/s1. The lowest BCUT2D eigenvalue weighted by Gasteiger charge is -2.27. The van der Waals surface area contributed by atoms with Crippen LogP contribution in [-0.4, -0.2) is 36.3 Å². The van der Waals surface area contributed by atoms with Crippen molar-refractivity contribution in [1.82, 2.24) is 10.2 Å². The first-order valence-corrected chi connectivity index (χ1v) is 9.44. The molecule has 2 aromatic carbocycles. The van der Waals surface area contributed by atoms with Gasteiger partial charge in [0.2, 0.25) is 11.8 Å². The van der Waals surface area contributed by atoms with Gasteiger partial charge in [-0.15, -0.1) is 0 Å². The molecule has 1 fully saturated rings. The molecule has 0 unspecified atom stereocenters. The molecule has 136 valence electrons. The first kappa shape index (κ1) is 18.6. The van der Waals surface area contributed by atoms with Crippen molar-refractivity contribution in [3.8, 4) is 0 Å². The van der Waals surface area contributed by atoms with Gasteiger partial charge in [-0.25, -0.2) is 0 Å². The van der Waals surface area contributed by atoms with E-state index in [0.717, 1.165) is 22.9 Å². The van der Waals surface area contributed by atoms with E-state index >= 15 is 0 Å². The van der Waals surface area contributed by atoms with Crippen molar-refractivity contribution < 1.29 is 9.59 Å². The summed E-state index contributed by atoms with van der Waals surface area (Å²) < 4.78 is 0.821. The quantitative estimate of drug-likeness (QED) is 0.728. The summed E-state index contributed by atoms with van der Waals surface area (Å²) in [6.07, 6.45) is 2.05. The molecule has 6 heteroatoms. The highest BCUT2D eigenvalue weighted by atomic mass is 79.9. The highest BCUT2D eigenvalue weighted by Gasteiger charge is 2.31. The SMILES string of the molecule is CN(CC(=O)Nc1ccccc1Br)[C@H](C(=O)NC1CC1)c1ccccc1. The summed E-state index contributed by atoms with van der Waals surface area (Å²) in [5.41, 5.74) is 1.59. The Kier molecular flexibility index (Phi) is 6.06. The van der Waals surface area contributed by atoms with Gasteiger partial charge in [0.05, 0.1) is 12.2 Å². The van der Waals surface area contributed by atoms with Crippen LogP contribution in [0.1, 0.15) is 24.4 Å². The molecule has 0 saturated heterocycles. The van der Waals surface area contributed by atoms with Crippen molar-refractivity contribution in [2.75, 3.05) is 18.9 Å². The third kappa shape index (κ3) is 4.93. The summed E-state index contributed by atoms with van der Waals surface area (Å²) in [4.78, 5) is 27.0. The zero-order valence-corrected chi connectivity index (χ0v) is 16.2. The summed E-state index contributed by atoms with van der Waals surface area (Å²) in [6.45, 7) is 0.110. The summed E-state index contributed by atoms with van der Waals surface area (Å²) in [5, 5.41) is 5.93. The Morgan fingerprint density at radius 1 is 1.12 bits per heavy atom. The topological polar surface area (TPSA) is 61.4 Å². The average Bonchev–Trinajstić information content (AvgIpc) is 3.42. The van der Waals surface area contributed by atoms with E-state index in [1.54, 1.807) is 11.9 Å². The van der Waals surface area contributed by atoms with Crippen LogP contribution in [0, 0.1) is 0 Å². The fourth-order valence-corrected chi connectivity index (χ4v) is 3.20. The summed E-state index contributed by atoms with van der Waals surface area (Å²) in [5.74, 6) is -0.227. The number of benzene rings is 2. The minimum absolute atomic E-state index is 0.0603. The van der Waals surface area contributed by atoms with Crippen molar-refractivity contribution in [2.24, 2.45) is 0 Å². The number of halogens is 1. The molecule has 0 heterocycles. The molecule has 26 heavy (non-hydrogen) atoms. The average molecular weight is 416 g/mol. The smallest absolute Gasteiger partial charge is 0.242 e. The van der Waals surface area contributed by atoms with Gasteiger partial charge < -0.3 is 10.6 Å². The molecule has 3 rings (SSSR count). The lowest BCUT2D eigenvalue weighted by molar-refractivity contribution is -0.127. The molecule has 0 aromatic heterocycles. The number of likely N-dealkylation sites (N-methyl/N-ethyl adjacent to an activating group) is 1. The Morgan fingerprint density at radius 2 is 1.77 bits per heavy atom. The zero-order chi connectivity index (χ0) is 18.5. The highest BCUT2D eigenvalue weighted by Crippen LogP contribution is 2.25. The van der Waals surface area contributed by atoms with E-state index in [0.29, 0.717) is 5.69 Å². The molecule has 1 aliphatic carbocycles. The zero-order valence-electron chi connectivity index (χ0n) is 14.6. The van der Waals surface area contributed by atoms with E-state index < -0.39 is 6.04 Å². The van der Waals surface area contributed by atoms with Crippen LogP contribution in [0.3, 0.4) is 0 Å². The maximum absolute atomic E-state index is 12.7. The van der Waals surface area contributed by atoms with Gasteiger partial charge in [0.15, 0.2) is 0 Å². The minimum Gasteiger partial charge on any atom is -0.352 e. The van der Waals surface area contributed by atoms with Crippen LogP contribution in [0.15, 0.2) is 59.1 Å². The Balaban J connectivity index is 1.70. The van der Waals surface area contributed by atoms with E-state index in [-0.39, 0.29) is 24.4 Å². The van der Waals surface area contributed by atoms with Gasteiger partial charge in [-0.1, -0.05) is 42.5 Å². The third-order valence-electron chi connectivity index (χ3n) is 4.27. The Morgan fingerprint density at radius 3 is 2.42 bits per heavy atom. The number of para-hydroxylation sites is 1. The molecule has 0 spiro atoms. The maximum atomic E-state index is 12.7. The second kappa shape index (κ2) is 8.47. The lowest BCUT2D eigenvalue weighted by Crippen LogP contribution is -2.42. The number of rotatable bonds is 7. The predicted molar refractivity (Wildman–Crippen MR) is 106 cm³/mol. The van der Waals surface area contributed by atoms with Crippen LogP contribution >= 0.6 is 15.9 Å². The van der Waals surface area contributed by atoms with Crippen molar-refractivity contribution >= 4 is 33.4 Å². The number of carbonyl (C=O) groups is 2. The van der Waals surface area contributed by atoms with Gasteiger partial charge >= 0.3 is 0 Å². The number of nitrogens with one attached hydrogen (secondary N) is 2. The van der Waals surface area contributed by atoms with Crippen molar-refractivity contribution in [2.45, 2.75) is 24.9 Å². The van der Waals surface area contributed by atoms with Crippen LogP contribution in [0.4, 0.5) is 5.69 Å². The molecule has 1 atom stereocenters. The first-order chi connectivity index (χ1) is 12.5. The summed E-state index contributed by atoms with van der Waals surface area (Å²) in [6, 6.07) is 16.8. The summed E-state index contributed by atoms with van der Waals surface area (Å²) >= 11 is 3.42. The summed E-state index contributed by atoms with van der Waals surface area (Å²) in [7, 11) is 1.80. The number of carbonyl (C=O) groups excluding carboxylic acids is 2. The molecular formula is C20H22BrN3O2. The predicted octanol–water partition coefficient (Wildman–Crippen LogP) is 3.34. The lowest BCUT2D eigenvalue weighted by atomic mass is 10.0. The second-order valence-corrected chi connectivity index (χ2v) is 7.39.